The Morgan fingerprint density at radius 2 is 1.56 bits per heavy atom. The molecule has 0 aliphatic carbocycles. The fourth-order valence-electron chi connectivity index (χ4n) is 2.97. The second-order valence-corrected chi connectivity index (χ2v) is 6.26. The number of benzene rings is 2. The first-order valence-corrected chi connectivity index (χ1v) is 8.12. The van der Waals surface area contributed by atoms with Crippen LogP contribution in [0.5, 0.6) is 0 Å². The predicted octanol–water partition coefficient (Wildman–Crippen LogP) is 3.07. The van der Waals surface area contributed by atoms with Crippen LogP contribution in [0.25, 0.3) is 11.1 Å². The molecule has 0 spiro atoms. The molecule has 1 aliphatic heterocycles. The molecule has 0 fully saturated rings. The van der Waals surface area contributed by atoms with Crippen molar-refractivity contribution in [3.8, 4) is 11.1 Å². The van der Waals surface area contributed by atoms with Gasteiger partial charge in [0.05, 0.1) is 11.6 Å². The van der Waals surface area contributed by atoms with Crippen LogP contribution < -0.4 is 10.6 Å². The van der Waals surface area contributed by atoms with Gasteiger partial charge in [-0.2, -0.15) is 0 Å². The van der Waals surface area contributed by atoms with E-state index in [0.717, 1.165) is 16.7 Å². The molecule has 2 aromatic rings. The summed E-state index contributed by atoms with van der Waals surface area (Å²) in [7, 11) is 3.41. The summed E-state index contributed by atoms with van der Waals surface area (Å²) in [6.45, 7) is 1.75. The number of carbonyl (C=O) groups is 2. The molecule has 1 atom stereocenters. The largest absolute Gasteiger partial charge is 0.345 e. The van der Waals surface area contributed by atoms with E-state index in [4.69, 9.17) is 0 Å². The second kappa shape index (κ2) is 6.81. The Hall–Kier alpha value is -3.08. The maximum Gasteiger partial charge on any atom is 0.319 e. The van der Waals surface area contributed by atoms with Crippen LogP contribution in [0.15, 0.2) is 65.9 Å². The van der Waals surface area contributed by atoms with Crippen LogP contribution in [-0.4, -0.2) is 30.9 Å². The van der Waals surface area contributed by atoms with Crippen LogP contribution in [0.3, 0.4) is 0 Å². The van der Waals surface area contributed by atoms with Crippen molar-refractivity contribution in [1.29, 1.82) is 0 Å². The number of carbonyl (C=O) groups excluding carboxylic acids is 2. The summed E-state index contributed by atoms with van der Waals surface area (Å²) >= 11 is 0. The molecule has 1 aliphatic rings. The molecule has 1 heterocycles. The fraction of sp³-hybridized carbons (Fsp3) is 0.200. The van der Waals surface area contributed by atoms with Crippen molar-refractivity contribution in [1.82, 2.24) is 15.5 Å². The quantitative estimate of drug-likeness (QED) is 0.905. The highest BCUT2D eigenvalue weighted by Gasteiger charge is 2.31. The van der Waals surface area contributed by atoms with Gasteiger partial charge < -0.3 is 15.5 Å². The molecule has 0 saturated heterocycles. The SMILES string of the molecule is CC1=C(C(=O)N(C)C)[C@@H](c2ccc(-c3ccccc3)cc2)NC(=O)N1. The van der Waals surface area contributed by atoms with Gasteiger partial charge in [0.15, 0.2) is 0 Å². The normalized spacial score (nSPS) is 16.9. The van der Waals surface area contributed by atoms with Gasteiger partial charge in [-0.05, 0) is 23.6 Å². The second-order valence-electron chi connectivity index (χ2n) is 6.26. The van der Waals surface area contributed by atoms with E-state index >= 15 is 0 Å². The van der Waals surface area contributed by atoms with Crippen molar-refractivity contribution in [2.75, 3.05) is 14.1 Å². The van der Waals surface area contributed by atoms with Crippen LogP contribution in [-0.2, 0) is 4.79 Å². The molecule has 2 aromatic carbocycles. The summed E-state index contributed by atoms with van der Waals surface area (Å²) in [6, 6.07) is 17.2. The van der Waals surface area contributed by atoms with E-state index in [1.165, 1.54) is 4.90 Å². The molecule has 0 bridgehead atoms. The lowest BCUT2D eigenvalue weighted by atomic mass is 9.93. The zero-order valence-corrected chi connectivity index (χ0v) is 14.5. The van der Waals surface area contributed by atoms with Gasteiger partial charge in [0.25, 0.3) is 5.91 Å². The van der Waals surface area contributed by atoms with Crippen molar-refractivity contribution in [2.45, 2.75) is 13.0 Å². The molecule has 0 saturated carbocycles. The maximum absolute atomic E-state index is 12.6. The van der Waals surface area contributed by atoms with E-state index in [0.29, 0.717) is 11.3 Å². The van der Waals surface area contributed by atoms with E-state index in [-0.39, 0.29) is 11.9 Å². The zero-order chi connectivity index (χ0) is 18.0. The number of allylic oxidation sites excluding steroid dienone is 1. The van der Waals surface area contributed by atoms with Crippen molar-refractivity contribution >= 4 is 11.9 Å². The number of amides is 3. The Bertz CT molecular complexity index is 824. The van der Waals surface area contributed by atoms with Gasteiger partial charge in [-0.3, -0.25) is 4.79 Å². The Morgan fingerprint density at radius 1 is 0.960 bits per heavy atom. The number of hydrogen-bond acceptors (Lipinski definition) is 2. The van der Waals surface area contributed by atoms with Gasteiger partial charge in [0, 0.05) is 19.8 Å². The summed E-state index contributed by atoms with van der Waals surface area (Å²) in [5.41, 5.74) is 4.22. The fourth-order valence-corrected chi connectivity index (χ4v) is 2.97. The molecule has 0 aromatic heterocycles. The molecule has 2 N–H and O–H groups in total. The maximum atomic E-state index is 12.6. The molecular weight excluding hydrogens is 314 g/mol. The standard InChI is InChI=1S/C20H21N3O2/c1-13-17(19(24)23(2)3)18(22-20(25)21-13)16-11-9-15(10-12-16)14-7-5-4-6-8-14/h4-12,18H,1-3H3,(H2,21,22,25)/t18-/m1/s1. The number of urea groups is 1. The third-order valence-corrected chi connectivity index (χ3v) is 4.26. The molecule has 128 valence electrons. The van der Waals surface area contributed by atoms with Crippen LogP contribution in [0.4, 0.5) is 4.79 Å². The summed E-state index contributed by atoms with van der Waals surface area (Å²) < 4.78 is 0. The average molecular weight is 335 g/mol. The minimum atomic E-state index is -0.464. The lowest BCUT2D eigenvalue weighted by Gasteiger charge is -2.30. The lowest BCUT2D eigenvalue weighted by Crippen LogP contribution is -2.46. The highest BCUT2D eigenvalue weighted by Crippen LogP contribution is 2.29. The van der Waals surface area contributed by atoms with Crippen molar-refractivity contribution in [2.24, 2.45) is 0 Å². The van der Waals surface area contributed by atoms with Crippen LogP contribution >= 0.6 is 0 Å². The average Bonchev–Trinajstić information content (AvgIpc) is 2.61. The summed E-state index contributed by atoms with van der Waals surface area (Å²) in [4.78, 5) is 26.0. The van der Waals surface area contributed by atoms with E-state index < -0.39 is 6.04 Å². The monoisotopic (exact) mass is 335 g/mol. The first kappa shape index (κ1) is 16.8. The van der Waals surface area contributed by atoms with Crippen molar-refractivity contribution < 1.29 is 9.59 Å². The summed E-state index contributed by atoms with van der Waals surface area (Å²) in [5.74, 6) is -0.123. The van der Waals surface area contributed by atoms with Gasteiger partial charge >= 0.3 is 6.03 Å². The highest BCUT2D eigenvalue weighted by molar-refractivity contribution is 5.98. The summed E-state index contributed by atoms with van der Waals surface area (Å²) in [5, 5.41) is 5.54. The minimum absolute atomic E-state index is 0.123. The highest BCUT2D eigenvalue weighted by atomic mass is 16.2. The van der Waals surface area contributed by atoms with Gasteiger partial charge in [0.1, 0.15) is 0 Å². The number of likely N-dealkylation sites (N-methyl/N-ethyl adjacent to an activating group) is 1. The first-order chi connectivity index (χ1) is 12.0. The molecule has 25 heavy (non-hydrogen) atoms. The Kier molecular flexibility index (Phi) is 4.57. The number of rotatable bonds is 3. The topological polar surface area (TPSA) is 61.4 Å². The number of nitrogens with zero attached hydrogens (tertiary/aromatic N) is 1. The van der Waals surface area contributed by atoms with Gasteiger partial charge in [0.2, 0.25) is 0 Å². The van der Waals surface area contributed by atoms with E-state index in [9.17, 15) is 9.59 Å². The predicted molar refractivity (Wildman–Crippen MR) is 97.7 cm³/mol. The lowest BCUT2D eigenvalue weighted by molar-refractivity contribution is -0.125. The zero-order valence-electron chi connectivity index (χ0n) is 14.5. The Balaban J connectivity index is 1.97. The van der Waals surface area contributed by atoms with Gasteiger partial charge in [-0.1, -0.05) is 54.6 Å². The Morgan fingerprint density at radius 3 is 2.16 bits per heavy atom. The number of nitrogens with one attached hydrogen (secondary N) is 2. The molecule has 3 amide bonds. The molecular formula is C20H21N3O2. The minimum Gasteiger partial charge on any atom is -0.345 e. The molecule has 3 rings (SSSR count). The molecule has 5 heteroatoms. The van der Waals surface area contributed by atoms with Crippen molar-refractivity contribution in [3.63, 3.8) is 0 Å². The third-order valence-electron chi connectivity index (χ3n) is 4.26. The smallest absolute Gasteiger partial charge is 0.319 e. The third kappa shape index (κ3) is 3.40. The molecule has 0 radical (unpaired) electrons. The first-order valence-electron chi connectivity index (χ1n) is 8.12. The van der Waals surface area contributed by atoms with Gasteiger partial charge in [-0.15, -0.1) is 0 Å². The van der Waals surface area contributed by atoms with E-state index in [2.05, 4.69) is 10.6 Å². The van der Waals surface area contributed by atoms with Crippen molar-refractivity contribution in [3.05, 3.63) is 71.4 Å². The van der Waals surface area contributed by atoms with Crippen LogP contribution in [0.1, 0.15) is 18.5 Å². The molecule has 0 unspecified atom stereocenters. The number of hydrogen-bond donors (Lipinski definition) is 2. The van der Waals surface area contributed by atoms with Crippen LogP contribution in [0, 0.1) is 0 Å². The Labute approximate surface area is 147 Å². The van der Waals surface area contributed by atoms with E-state index in [1.807, 2.05) is 54.6 Å². The van der Waals surface area contributed by atoms with E-state index in [1.54, 1.807) is 21.0 Å². The summed E-state index contributed by atoms with van der Waals surface area (Å²) in [6.07, 6.45) is 0. The molecule has 5 nitrogen and oxygen atoms in total. The van der Waals surface area contributed by atoms with Crippen LogP contribution in [0.2, 0.25) is 0 Å². The van der Waals surface area contributed by atoms with Gasteiger partial charge in [-0.25, -0.2) is 4.79 Å².